The largest absolute Gasteiger partial charge is 0.497 e. The van der Waals surface area contributed by atoms with Crippen molar-refractivity contribution in [2.75, 3.05) is 7.11 Å². The van der Waals surface area contributed by atoms with E-state index < -0.39 is 11.6 Å². The molecule has 0 radical (unpaired) electrons. The van der Waals surface area contributed by atoms with Crippen LogP contribution in [0.2, 0.25) is 0 Å². The van der Waals surface area contributed by atoms with Crippen LogP contribution in [0.4, 0.5) is 4.39 Å². The van der Waals surface area contributed by atoms with Gasteiger partial charge in [-0.3, -0.25) is 0 Å². The zero-order valence-corrected chi connectivity index (χ0v) is 17.3. The number of esters is 1. The summed E-state index contributed by atoms with van der Waals surface area (Å²) in [4.78, 5) is 24.7. The van der Waals surface area contributed by atoms with E-state index in [2.05, 4.69) is 0 Å². The molecule has 0 amide bonds. The number of fused-ring (bicyclic) bond motifs is 1. The van der Waals surface area contributed by atoms with E-state index in [1.807, 2.05) is 11.5 Å². The lowest BCUT2D eigenvalue weighted by Crippen LogP contribution is -2.09. The fourth-order valence-electron chi connectivity index (χ4n) is 3.63. The SMILES string of the molecule is COc1ccc2c(COC(=O)c3cc(C)n(-c4ccc(F)cc4)c3C)cc(=O)oc2c1. The number of ether oxygens (including phenoxy) is 2. The molecule has 0 spiro atoms. The molecule has 158 valence electrons. The first-order valence-electron chi connectivity index (χ1n) is 9.60. The van der Waals surface area contributed by atoms with Crippen molar-refractivity contribution in [2.24, 2.45) is 0 Å². The molecule has 0 fully saturated rings. The van der Waals surface area contributed by atoms with E-state index in [0.29, 0.717) is 33.5 Å². The molecule has 0 N–H and O–H groups in total. The number of hydrogen-bond acceptors (Lipinski definition) is 5. The zero-order chi connectivity index (χ0) is 22.1. The van der Waals surface area contributed by atoms with Crippen LogP contribution in [0.15, 0.2) is 63.8 Å². The number of aromatic nitrogens is 1. The lowest BCUT2D eigenvalue weighted by atomic mass is 10.1. The van der Waals surface area contributed by atoms with Crippen LogP contribution in [-0.2, 0) is 11.3 Å². The number of carbonyl (C=O) groups is 1. The molecule has 0 aliphatic carbocycles. The molecule has 0 atom stereocenters. The van der Waals surface area contributed by atoms with E-state index in [1.165, 1.54) is 25.3 Å². The molecule has 0 aliphatic rings. The van der Waals surface area contributed by atoms with Gasteiger partial charge in [-0.15, -0.1) is 0 Å². The van der Waals surface area contributed by atoms with E-state index in [1.54, 1.807) is 43.3 Å². The third kappa shape index (κ3) is 3.94. The van der Waals surface area contributed by atoms with Gasteiger partial charge in [0.05, 0.1) is 12.7 Å². The second-order valence-electron chi connectivity index (χ2n) is 7.13. The topological polar surface area (TPSA) is 70.7 Å². The van der Waals surface area contributed by atoms with Crippen LogP contribution >= 0.6 is 0 Å². The van der Waals surface area contributed by atoms with E-state index in [-0.39, 0.29) is 12.4 Å². The predicted octanol–water partition coefficient (Wildman–Crippen LogP) is 4.71. The minimum absolute atomic E-state index is 0.0898. The van der Waals surface area contributed by atoms with Gasteiger partial charge in [0.1, 0.15) is 23.8 Å². The van der Waals surface area contributed by atoms with Crippen molar-refractivity contribution in [3.8, 4) is 11.4 Å². The maximum absolute atomic E-state index is 13.3. The average molecular weight is 421 g/mol. The summed E-state index contributed by atoms with van der Waals surface area (Å²) in [7, 11) is 1.52. The number of halogens is 1. The smallest absolute Gasteiger partial charge is 0.340 e. The van der Waals surface area contributed by atoms with E-state index >= 15 is 0 Å². The fourth-order valence-corrected chi connectivity index (χ4v) is 3.63. The molecule has 7 heteroatoms. The number of hydrogen-bond donors (Lipinski definition) is 0. The molecule has 0 bridgehead atoms. The quantitative estimate of drug-likeness (QED) is 0.345. The fraction of sp³-hybridized carbons (Fsp3) is 0.167. The van der Waals surface area contributed by atoms with Crippen molar-refractivity contribution in [1.29, 1.82) is 0 Å². The highest BCUT2D eigenvalue weighted by Crippen LogP contribution is 2.25. The molecule has 2 aromatic carbocycles. The van der Waals surface area contributed by atoms with Crippen LogP contribution in [0.25, 0.3) is 16.7 Å². The van der Waals surface area contributed by atoms with Gasteiger partial charge in [-0.25, -0.2) is 14.0 Å². The van der Waals surface area contributed by atoms with Gasteiger partial charge in [-0.05, 0) is 56.3 Å². The Morgan fingerprint density at radius 1 is 1.06 bits per heavy atom. The third-order valence-corrected chi connectivity index (χ3v) is 5.13. The second-order valence-corrected chi connectivity index (χ2v) is 7.13. The zero-order valence-electron chi connectivity index (χ0n) is 17.3. The Morgan fingerprint density at radius 3 is 2.52 bits per heavy atom. The number of methoxy groups -OCH3 is 1. The molecule has 31 heavy (non-hydrogen) atoms. The van der Waals surface area contributed by atoms with Gasteiger partial charge in [-0.2, -0.15) is 0 Å². The van der Waals surface area contributed by atoms with Crippen LogP contribution < -0.4 is 10.4 Å². The molecular weight excluding hydrogens is 401 g/mol. The van der Waals surface area contributed by atoms with Crippen molar-refractivity contribution in [3.05, 3.63) is 93.3 Å². The Morgan fingerprint density at radius 2 is 1.81 bits per heavy atom. The van der Waals surface area contributed by atoms with Crippen LogP contribution in [-0.4, -0.2) is 17.6 Å². The molecule has 0 saturated heterocycles. The number of aryl methyl sites for hydroxylation is 1. The Bertz CT molecular complexity index is 1330. The highest BCUT2D eigenvalue weighted by atomic mass is 19.1. The summed E-state index contributed by atoms with van der Waals surface area (Å²) in [5.74, 6) is -0.294. The average Bonchev–Trinajstić information content (AvgIpc) is 3.05. The Labute approximate surface area is 177 Å². The van der Waals surface area contributed by atoms with Gasteiger partial charge in [0, 0.05) is 40.2 Å². The number of nitrogens with zero attached hydrogens (tertiary/aromatic N) is 1. The molecule has 4 aromatic rings. The molecule has 2 aromatic heterocycles. The van der Waals surface area contributed by atoms with Crippen LogP contribution in [0.3, 0.4) is 0 Å². The summed E-state index contributed by atoms with van der Waals surface area (Å²) in [5.41, 5.74) is 2.99. The summed E-state index contributed by atoms with van der Waals surface area (Å²) in [5, 5.41) is 0.657. The molecule has 0 saturated carbocycles. The summed E-state index contributed by atoms with van der Waals surface area (Å²) in [6.07, 6.45) is 0. The Kier molecular flexibility index (Phi) is 5.33. The van der Waals surface area contributed by atoms with Gasteiger partial charge in [0.15, 0.2) is 0 Å². The standard InChI is InChI=1S/C24H20FNO5/c1-14-10-21(15(2)26(14)18-6-4-17(25)5-7-18)24(28)30-13-16-11-23(27)31-22-12-19(29-3)8-9-20(16)22/h4-12H,13H2,1-3H3. The van der Waals surface area contributed by atoms with Crippen molar-refractivity contribution in [3.63, 3.8) is 0 Å². The number of rotatable bonds is 5. The summed E-state index contributed by atoms with van der Waals surface area (Å²) in [6.45, 7) is 3.57. The van der Waals surface area contributed by atoms with Gasteiger partial charge in [0.2, 0.25) is 0 Å². The van der Waals surface area contributed by atoms with E-state index in [9.17, 15) is 14.0 Å². The van der Waals surface area contributed by atoms with Crippen molar-refractivity contribution in [1.82, 2.24) is 4.57 Å². The van der Waals surface area contributed by atoms with Crippen molar-refractivity contribution >= 4 is 16.9 Å². The third-order valence-electron chi connectivity index (χ3n) is 5.13. The molecule has 0 unspecified atom stereocenters. The van der Waals surface area contributed by atoms with Crippen molar-refractivity contribution < 1.29 is 23.1 Å². The first kappa shape index (κ1) is 20.4. The predicted molar refractivity (Wildman–Crippen MR) is 113 cm³/mol. The second kappa shape index (κ2) is 8.10. The van der Waals surface area contributed by atoms with Crippen LogP contribution in [0.1, 0.15) is 27.3 Å². The summed E-state index contributed by atoms with van der Waals surface area (Å²) in [6, 6.07) is 14.2. The monoisotopic (exact) mass is 421 g/mol. The Hall–Kier alpha value is -3.87. The molecule has 2 heterocycles. The first-order valence-corrected chi connectivity index (χ1v) is 9.60. The van der Waals surface area contributed by atoms with Gasteiger partial charge >= 0.3 is 11.6 Å². The van der Waals surface area contributed by atoms with E-state index in [4.69, 9.17) is 13.9 Å². The summed E-state index contributed by atoms with van der Waals surface area (Å²) < 4.78 is 31.0. The first-order chi connectivity index (χ1) is 14.9. The van der Waals surface area contributed by atoms with E-state index in [0.717, 1.165) is 11.4 Å². The van der Waals surface area contributed by atoms with Crippen LogP contribution in [0.5, 0.6) is 5.75 Å². The normalized spacial score (nSPS) is 11.0. The number of carbonyl (C=O) groups excluding carboxylic acids is 1. The van der Waals surface area contributed by atoms with Gasteiger partial charge in [0.25, 0.3) is 0 Å². The van der Waals surface area contributed by atoms with Gasteiger partial charge in [-0.1, -0.05) is 0 Å². The minimum atomic E-state index is -0.540. The van der Waals surface area contributed by atoms with Crippen molar-refractivity contribution in [2.45, 2.75) is 20.5 Å². The number of benzene rings is 2. The van der Waals surface area contributed by atoms with Crippen LogP contribution in [0, 0.1) is 19.7 Å². The summed E-state index contributed by atoms with van der Waals surface area (Å²) >= 11 is 0. The highest BCUT2D eigenvalue weighted by molar-refractivity contribution is 5.91. The Balaban J connectivity index is 1.61. The minimum Gasteiger partial charge on any atom is -0.497 e. The lowest BCUT2D eigenvalue weighted by Gasteiger charge is -2.10. The molecule has 4 rings (SSSR count). The highest BCUT2D eigenvalue weighted by Gasteiger charge is 2.19. The maximum Gasteiger partial charge on any atom is 0.340 e. The molecule has 0 aliphatic heterocycles. The van der Waals surface area contributed by atoms with Gasteiger partial charge < -0.3 is 18.5 Å². The maximum atomic E-state index is 13.3. The molecular formula is C24H20FNO5. The molecule has 6 nitrogen and oxygen atoms in total. The lowest BCUT2D eigenvalue weighted by molar-refractivity contribution is 0.0473.